The number of nitrogens with one attached hydrogen (secondary N) is 1. The van der Waals surface area contributed by atoms with E-state index >= 15 is 0 Å². The number of piperidine rings is 1. The average molecular weight is 277 g/mol. The van der Waals surface area contributed by atoms with Crippen molar-refractivity contribution in [3.63, 3.8) is 0 Å². The Bertz CT molecular complexity index is 389. The third-order valence-electron chi connectivity index (χ3n) is 3.58. The first-order chi connectivity index (χ1) is 9.74. The molecule has 4 heteroatoms. The smallest absolute Gasteiger partial charge is 0.213 e. The van der Waals surface area contributed by atoms with Crippen molar-refractivity contribution in [2.75, 3.05) is 26.2 Å². The Labute approximate surface area is 122 Å². The van der Waals surface area contributed by atoms with Crippen LogP contribution in [0.4, 0.5) is 0 Å². The van der Waals surface area contributed by atoms with Gasteiger partial charge in [-0.15, -0.1) is 0 Å². The summed E-state index contributed by atoms with van der Waals surface area (Å²) in [6.45, 7) is 9.24. The van der Waals surface area contributed by atoms with Gasteiger partial charge >= 0.3 is 0 Å². The van der Waals surface area contributed by atoms with E-state index in [1.54, 1.807) is 0 Å². The average Bonchev–Trinajstić information content (AvgIpc) is 2.47. The molecule has 0 saturated carbocycles. The van der Waals surface area contributed by atoms with E-state index in [1.807, 2.05) is 18.2 Å². The van der Waals surface area contributed by atoms with Crippen molar-refractivity contribution in [3.8, 4) is 5.88 Å². The Hall–Kier alpha value is -1.13. The second-order valence-electron chi connectivity index (χ2n) is 5.75. The number of hydrogen-bond acceptors (Lipinski definition) is 4. The second kappa shape index (κ2) is 8.22. The van der Waals surface area contributed by atoms with E-state index in [0.29, 0.717) is 6.04 Å². The molecule has 2 heterocycles. The van der Waals surface area contributed by atoms with Crippen molar-refractivity contribution < 1.29 is 4.74 Å². The summed E-state index contributed by atoms with van der Waals surface area (Å²) in [5.41, 5.74) is 1.04. The molecule has 1 fully saturated rings. The van der Waals surface area contributed by atoms with Gasteiger partial charge < -0.3 is 10.1 Å². The highest BCUT2D eigenvalue weighted by atomic mass is 16.5. The van der Waals surface area contributed by atoms with Crippen molar-refractivity contribution in [2.45, 2.75) is 45.7 Å². The van der Waals surface area contributed by atoms with E-state index in [0.717, 1.165) is 31.3 Å². The van der Waals surface area contributed by atoms with Gasteiger partial charge in [0.1, 0.15) is 6.61 Å². The SMILES string of the molecule is CC(C)NCc1cccc(OCCN2CCCCC2)n1. The standard InChI is InChI=1S/C16H27N3O/c1-14(2)17-13-15-7-6-8-16(18-15)20-12-11-19-9-4-3-5-10-19/h6-8,14,17H,3-5,9-13H2,1-2H3. The van der Waals surface area contributed by atoms with Gasteiger partial charge in [0.05, 0.1) is 5.69 Å². The molecule has 0 spiro atoms. The summed E-state index contributed by atoms with van der Waals surface area (Å²) in [6, 6.07) is 6.46. The number of pyridine rings is 1. The van der Waals surface area contributed by atoms with Crippen LogP contribution in [0, 0.1) is 0 Å². The molecule has 0 aliphatic carbocycles. The Kier molecular flexibility index (Phi) is 6.27. The van der Waals surface area contributed by atoms with Crippen LogP contribution in [0.25, 0.3) is 0 Å². The topological polar surface area (TPSA) is 37.4 Å². The molecule has 0 bridgehead atoms. The molecule has 0 aromatic carbocycles. The molecule has 1 aliphatic heterocycles. The summed E-state index contributed by atoms with van der Waals surface area (Å²) < 4.78 is 5.78. The van der Waals surface area contributed by atoms with Gasteiger partial charge in [0.2, 0.25) is 5.88 Å². The van der Waals surface area contributed by atoms with Gasteiger partial charge in [-0.05, 0) is 32.0 Å². The predicted molar refractivity (Wildman–Crippen MR) is 82.0 cm³/mol. The quantitative estimate of drug-likeness (QED) is 0.830. The number of likely N-dealkylation sites (tertiary alicyclic amines) is 1. The maximum absolute atomic E-state index is 5.78. The first kappa shape index (κ1) is 15.3. The number of ether oxygens (including phenoxy) is 1. The van der Waals surface area contributed by atoms with Crippen LogP contribution < -0.4 is 10.1 Å². The maximum atomic E-state index is 5.78. The molecule has 1 aromatic rings. The zero-order chi connectivity index (χ0) is 14.2. The largest absolute Gasteiger partial charge is 0.476 e. The van der Waals surface area contributed by atoms with Crippen LogP contribution in [-0.2, 0) is 6.54 Å². The monoisotopic (exact) mass is 277 g/mol. The molecule has 0 unspecified atom stereocenters. The van der Waals surface area contributed by atoms with Gasteiger partial charge in [0.15, 0.2) is 0 Å². The molecular formula is C16H27N3O. The molecule has 0 radical (unpaired) electrons. The van der Waals surface area contributed by atoms with Crippen LogP contribution >= 0.6 is 0 Å². The Balaban J connectivity index is 1.73. The highest BCUT2D eigenvalue weighted by Crippen LogP contribution is 2.10. The van der Waals surface area contributed by atoms with Gasteiger partial charge in [0, 0.05) is 25.2 Å². The molecule has 1 N–H and O–H groups in total. The first-order valence-corrected chi connectivity index (χ1v) is 7.78. The fraction of sp³-hybridized carbons (Fsp3) is 0.688. The molecule has 1 aliphatic rings. The lowest BCUT2D eigenvalue weighted by molar-refractivity contribution is 0.180. The lowest BCUT2D eigenvalue weighted by Crippen LogP contribution is -2.33. The zero-order valence-electron chi connectivity index (χ0n) is 12.8. The minimum absolute atomic E-state index is 0.473. The number of rotatable bonds is 7. The summed E-state index contributed by atoms with van der Waals surface area (Å²) in [5, 5.41) is 3.37. The third-order valence-corrected chi connectivity index (χ3v) is 3.58. The fourth-order valence-corrected chi connectivity index (χ4v) is 2.41. The number of nitrogens with zero attached hydrogens (tertiary/aromatic N) is 2. The van der Waals surface area contributed by atoms with E-state index in [1.165, 1.54) is 32.4 Å². The van der Waals surface area contributed by atoms with Crippen LogP contribution in [0.15, 0.2) is 18.2 Å². The number of hydrogen-bond donors (Lipinski definition) is 1. The molecule has 4 nitrogen and oxygen atoms in total. The van der Waals surface area contributed by atoms with Crippen LogP contribution in [0.3, 0.4) is 0 Å². The summed E-state index contributed by atoms with van der Waals surface area (Å²) in [4.78, 5) is 7.00. The van der Waals surface area contributed by atoms with Crippen molar-refractivity contribution in [2.24, 2.45) is 0 Å². The summed E-state index contributed by atoms with van der Waals surface area (Å²) in [5.74, 6) is 0.741. The summed E-state index contributed by atoms with van der Waals surface area (Å²) >= 11 is 0. The molecule has 1 saturated heterocycles. The first-order valence-electron chi connectivity index (χ1n) is 7.78. The van der Waals surface area contributed by atoms with E-state index in [4.69, 9.17) is 4.74 Å². The summed E-state index contributed by atoms with van der Waals surface area (Å²) in [6.07, 6.45) is 4.03. The Morgan fingerprint density at radius 1 is 1.25 bits per heavy atom. The van der Waals surface area contributed by atoms with Crippen molar-refractivity contribution >= 4 is 0 Å². The molecule has 0 atom stereocenters. The zero-order valence-corrected chi connectivity index (χ0v) is 12.8. The molecular weight excluding hydrogens is 250 g/mol. The minimum atomic E-state index is 0.473. The number of aromatic nitrogens is 1. The second-order valence-corrected chi connectivity index (χ2v) is 5.75. The van der Waals surface area contributed by atoms with Gasteiger partial charge in [-0.25, -0.2) is 4.98 Å². The lowest BCUT2D eigenvalue weighted by Gasteiger charge is -2.26. The van der Waals surface area contributed by atoms with Gasteiger partial charge in [-0.1, -0.05) is 26.3 Å². The normalized spacial score (nSPS) is 16.6. The molecule has 20 heavy (non-hydrogen) atoms. The van der Waals surface area contributed by atoms with Crippen LogP contribution in [0.2, 0.25) is 0 Å². The minimum Gasteiger partial charge on any atom is -0.476 e. The van der Waals surface area contributed by atoms with Crippen LogP contribution in [0.1, 0.15) is 38.8 Å². The van der Waals surface area contributed by atoms with Crippen molar-refractivity contribution in [3.05, 3.63) is 23.9 Å². The fourth-order valence-electron chi connectivity index (χ4n) is 2.41. The van der Waals surface area contributed by atoms with E-state index in [2.05, 4.69) is 29.0 Å². The third kappa shape index (κ3) is 5.47. The predicted octanol–water partition coefficient (Wildman–Crippen LogP) is 2.44. The Morgan fingerprint density at radius 3 is 2.80 bits per heavy atom. The van der Waals surface area contributed by atoms with E-state index in [9.17, 15) is 0 Å². The van der Waals surface area contributed by atoms with Gasteiger partial charge in [-0.2, -0.15) is 0 Å². The molecule has 1 aromatic heterocycles. The van der Waals surface area contributed by atoms with Crippen molar-refractivity contribution in [1.82, 2.24) is 15.2 Å². The molecule has 0 amide bonds. The van der Waals surface area contributed by atoms with Crippen LogP contribution in [-0.4, -0.2) is 42.2 Å². The lowest BCUT2D eigenvalue weighted by atomic mass is 10.1. The van der Waals surface area contributed by atoms with E-state index in [-0.39, 0.29) is 0 Å². The van der Waals surface area contributed by atoms with Gasteiger partial charge in [-0.3, -0.25) is 4.90 Å². The maximum Gasteiger partial charge on any atom is 0.213 e. The summed E-state index contributed by atoms with van der Waals surface area (Å²) in [7, 11) is 0. The van der Waals surface area contributed by atoms with Gasteiger partial charge in [0.25, 0.3) is 0 Å². The Morgan fingerprint density at radius 2 is 2.05 bits per heavy atom. The molecule has 112 valence electrons. The van der Waals surface area contributed by atoms with E-state index < -0.39 is 0 Å². The molecule has 2 rings (SSSR count). The van der Waals surface area contributed by atoms with Crippen molar-refractivity contribution in [1.29, 1.82) is 0 Å². The highest BCUT2D eigenvalue weighted by molar-refractivity contribution is 5.15. The highest BCUT2D eigenvalue weighted by Gasteiger charge is 2.09. The van der Waals surface area contributed by atoms with Crippen LogP contribution in [0.5, 0.6) is 5.88 Å².